The van der Waals surface area contributed by atoms with Gasteiger partial charge in [0.2, 0.25) is 5.88 Å². The number of halogens is 3. The number of nitrogens with zero attached hydrogens (tertiary/aromatic N) is 1. The van der Waals surface area contributed by atoms with Crippen LogP contribution in [0, 0.1) is 0 Å². The third-order valence-electron chi connectivity index (χ3n) is 1.41. The van der Waals surface area contributed by atoms with E-state index in [9.17, 15) is 13.6 Å². The molecule has 0 saturated carbocycles. The molecule has 4 nitrogen and oxygen atoms in total. The lowest BCUT2D eigenvalue weighted by Crippen LogP contribution is -2.08. The predicted molar refractivity (Wildman–Crippen MR) is 47.7 cm³/mol. The molecule has 0 bridgehead atoms. The van der Waals surface area contributed by atoms with E-state index in [2.05, 4.69) is 9.72 Å². The molecule has 0 fully saturated rings. The van der Waals surface area contributed by atoms with Gasteiger partial charge in [-0.3, -0.25) is 0 Å². The Kier molecular flexibility index (Phi) is 3.79. The molecule has 15 heavy (non-hydrogen) atoms. The van der Waals surface area contributed by atoms with Crippen LogP contribution in [-0.4, -0.2) is 29.1 Å². The van der Waals surface area contributed by atoms with Gasteiger partial charge in [0.05, 0.1) is 5.56 Å². The summed E-state index contributed by atoms with van der Waals surface area (Å²) in [6.07, 6.45) is -2.62. The number of alkyl halides is 2. The molecular weight excluding hydrogens is 232 g/mol. The molecule has 0 aliphatic heterocycles. The first-order valence-electron chi connectivity index (χ1n) is 3.81. The van der Waals surface area contributed by atoms with E-state index in [-0.39, 0.29) is 16.6 Å². The van der Waals surface area contributed by atoms with Crippen LogP contribution in [-0.2, 0) is 0 Å². The summed E-state index contributed by atoms with van der Waals surface area (Å²) in [4.78, 5) is 14.0. The number of rotatable bonds is 4. The van der Waals surface area contributed by atoms with E-state index in [0.717, 1.165) is 12.1 Å². The van der Waals surface area contributed by atoms with E-state index in [0.29, 0.717) is 0 Å². The zero-order valence-electron chi connectivity index (χ0n) is 7.28. The Morgan fingerprint density at radius 3 is 2.73 bits per heavy atom. The van der Waals surface area contributed by atoms with Crippen molar-refractivity contribution in [3.8, 4) is 5.88 Å². The number of carbonyl (C=O) groups is 1. The number of aromatic nitrogens is 1. The van der Waals surface area contributed by atoms with Crippen LogP contribution < -0.4 is 4.74 Å². The third-order valence-corrected chi connectivity index (χ3v) is 1.70. The second-order valence-electron chi connectivity index (χ2n) is 2.50. The number of carboxylic acid groups (broad SMARTS) is 1. The maximum absolute atomic E-state index is 11.7. The van der Waals surface area contributed by atoms with Gasteiger partial charge in [0.25, 0.3) is 6.43 Å². The van der Waals surface area contributed by atoms with Crippen LogP contribution in [0.3, 0.4) is 0 Å². The first-order valence-corrected chi connectivity index (χ1v) is 4.19. The van der Waals surface area contributed by atoms with Gasteiger partial charge in [0, 0.05) is 6.07 Å². The van der Waals surface area contributed by atoms with Gasteiger partial charge >= 0.3 is 5.97 Å². The van der Waals surface area contributed by atoms with Crippen molar-refractivity contribution in [1.82, 2.24) is 4.98 Å². The summed E-state index contributed by atoms with van der Waals surface area (Å²) < 4.78 is 28.0. The fourth-order valence-corrected chi connectivity index (χ4v) is 1.03. The Morgan fingerprint density at radius 2 is 2.27 bits per heavy atom. The average molecular weight is 238 g/mol. The molecule has 1 heterocycles. The summed E-state index contributed by atoms with van der Waals surface area (Å²) in [6, 6.07) is 2.30. The van der Waals surface area contributed by atoms with Crippen molar-refractivity contribution in [1.29, 1.82) is 0 Å². The second kappa shape index (κ2) is 4.88. The third kappa shape index (κ3) is 3.32. The molecule has 0 spiro atoms. The molecule has 1 aromatic heterocycles. The molecule has 82 valence electrons. The van der Waals surface area contributed by atoms with Crippen molar-refractivity contribution in [2.45, 2.75) is 6.43 Å². The quantitative estimate of drug-likeness (QED) is 0.815. The lowest BCUT2D eigenvalue weighted by molar-refractivity contribution is 0.0694. The van der Waals surface area contributed by atoms with Crippen LogP contribution in [0.2, 0.25) is 5.15 Å². The summed E-state index contributed by atoms with van der Waals surface area (Å²) in [5.41, 5.74) is -0.207. The van der Waals surface area contributed by atoms with Crippen LogP contribution in [0.25, 0.3) is 0 Å². The zero-order valence-corrected chi connectivity index (χ0v) is 8.04. The van der Waals surface area contributed by atoms with Crippen molar-refractivity contribution in [2.24, 2.45) is 0 Å². The lowest BCUT2D eigenvalue weighted by atomic mass is 10.3. The fourth-order valence-electron chi connectivity index (χ4n) is 0.806. The Morgan fingerprint density at radius 1 is 1.60 bits per heavy atom. The Bertz CT molecular complexity index is 373. The summed E-state index contributed by atoms with van der Waals surface area (Å²) in [7, 11) is 0. The van der Waals surface area contributed by atoms with Gasteiger partial charge in [-0.2, -0.15) is 0 Å². The highest BCUT2D eigenvalue weighted by Gasteiger charge is 2.11. The Balaban J connectivity index is 2.78. The van der Waals surface area contributed by atoms with Gasteiger partial charge in [-0.25, -0.2) is 18.6 Å². The number of ether oxygens (including phenoxy) is 1. The summed E-state index contributed by atoms with van der Waals surface area (Å²) in [6.45, 7) is -0.810. The van der Waals surface area contributed by atoms with Crippen LogP contribution >= 0.6 is 11.6 Å². The molecule has 0 aromatic carbocycles. The van der Waals surface area contributed by atoms with Crippen molar-refractivity contribution in [2.75, 3.05) is 6.61 Å². The van der Waals surface area contributed by atoms with Crippen molar-refractivity contribution < 1.29 is 23.4 Å². The molecule has 0 aliphatic carbocycles. The molecule has 7 heteroatoms. The van der Waals surface area contributed by atoms with E-state index < -0.39 is 19.0 Å². The van der Waals surface area contributed by atoms with Gasteiger partial charge in [-0.1, -0.05) is 11.6 Å². The van der Waals surface area contributed by atoms with Gasteiger partial charge in [0.15, 0.2) is 6.61 Å². The average Bonchev–Trinajstić information content (AvgIpc) is 2.14. The second-order valence-corrected chi connectivity index (χ2v) is 2.85. The molecule has 0 aliphatic rings. The molecule has 0 unspecified atom stereocenters. The number of carboxylic acids is 1. The van der Waals surface area contributed by atoms with Crippen molar-refractivity contribution in [3.63, 3.8) is 0 Å². The minimum absolute atomic E-state index is 0.134. The standard InChI is InChI=1S/C8H6ClF2NO3/c9-7-4(8(13)14)1-2-6(12-7)15-3-5(10)11/h1-2,5H,3H2,(H,13,14). The fraction of sp³-hybridized carbons (Fsp3) is 0.250. The van der Waals surface area contributed by atoms with Crippen LogP contribution in [0.5, 0.6) is 5.88 Å². The minimum Gasteiger partial charge on any atom is -0.478 e. The van der Waals surface area contributed by atoms with E-state index >= 15 is 0 Å². The van der Waals surface area contributed by atoms with Crippen molar-refractivity contribution in [3.05, 3.63) is 22.8 Å². The molecular formula is C8H6ClF2NO3. The molecule has 0 atom stereocenters. The smallest absolute Gasteiger partial charge is 0.338 e. The van der Waals surface area contributed by atoms with Gasteiger partial charge in [-0.15, -0.1) is 0 Å². The van der Waals surface area contributed by atoms with E-state index in [1.807, 2.05) is 0 Å². The summed E-state index contributed by atoms with van der Waals surface area (Å²) in [5, 5.41) is 8.29. The van der Waals surface area contributed by atoms with Crippen LogP contribution in [0.4, 0.5) is 8.78 Å². The molecule has 1 rings (SSSR count). The summed E-state index contributed by atoms with van der Waals surface area (Å²) in [5.74, 6) is -1.38. The number of aromatic carboxylic acids is 1. The lowest BCUT2D eigenvalue weighted by Gasteiger charge is -2.05. The molecule has 0 radical (unpaired) electrons. The highest BCUT2D eigenvalue weighted by molar-refractivity contribution is 6.32. The zero-order chi connectivity index (χ0) is 11.4. The van der Waals surface area contributed by atoms with Crippen LogP contribution in [0.15, 0.2) is 12.1 Å². The first kappa shape index (κ1) is 11.6. The normalized spacial score (nSPS) is 10.4. The van der Waals surface area contributed by atoms with E-state index in [1.165, 1.54) is 0 Å². The minimum atomic E-state index is -2.62. The van der Waals surface area contributed by atoms with E-state index in [4.69, 9.17) is 16.7 Å². The number of pyridine rings is 1. The maximum Gasteiger partial charge on any atom is 0.338 e. The molecule has 1 N–H and O–H groups in total. The highest BCUT2D eigenvalue weighted by atomic mass is 35.5. The Labute approximate surface area is 88.4 Å². The number of hydrogen-bond donors (Lipinski definition) is 1. The Hall–Kier alpha value is -1.43. The van der Waals surface area contributed by atoms with Gasteiger partial charge < -0.3 is 9.84 Å². The van der Waals surface area contributed by atoms with Gasteiger partial charge in [0.1, 0.15) is 5.15 Å². The van der Waals surface area contributed by atoms with Crippen molar-refractivity contribution >= 4 is 17.6 Å². The predicted octanol–water partition coefficient (Wildman–Crippen LogP) is 2.08. The first-order chi connectivity index (χ1) is 7.00. The number of hydrogen-bond acceptors (Lipinski definition) is 3. The molecule has 1 aromatic rings. The molecule has 0 saturated heterocycles. The molecule has 0 amide bonds. The SMILES string of the molecule is O=C(O)c1ccc(OCC(F)F)nc1Cl. The maximum atomic E-state index is 11.7. The topological polar surface area (TPSA) is 59.4 Å². The summed E-state index contributed by atoms with van der Waals surface area (Å²) >= 11 is 5.48. The van der Waals surface area contributed by atoms with E-state index in [1.54, 1.807) is 0 Å². The largest absolute Gasteiger partial charge is 0.478 e. The monoisotopic (exact) mass is 237 g/mol. The van der Waals surface area contributed by atoms with Crippen LogP contribution in [0.1, 0.15) is 10.4 Å². The highest BCUT2D eigenvalue weighted by Crippen LogP contribution is 2.18. The van der Waals surface area contributed by atoms with Gasteiger partial charge in [-0.05, 0) is 6.07 Å².